The van der Waals surface area contributed by atoms with Crippen LogP contribution in [0.4, 0.5) is 0 Å². The number of carbonyl (C=O) groups is 1. The van der Waals surface area contributed by atoms with E-state index in [9.17, 15) is 4.79 Å². The standard InChI is InChI=1S/C28H39N3O2/c1-21-23(10-15-31-21)24(9-5-7-14-29)22-8-4-3-6-11-27(2,19-28(16-22)12-13-28)17-25(32)26-18-30-20-33-26/h10,14-15,18,20,22,29,31H,1,3-9,11-13,16-17,19H2,2H3. The highest BCUT2D eigenvalue weighted by Crippen LogP contribution is 2.60. The van der Waals surface area contributed by atoms with E-state index in [1.54, 1.807) is 6.20 Å². The first kappa shape index (κ1) is 23.7. The van der Waals surface area contributed by atoms with Gasteiger partial charge in [-0.25, -0.2) is 4.98 Å². The summed E-state index contributed by atoms with van der Waals surface area (Å²) >= 11 is 0. The summed E-state index contributed by atoms with van der Waals surface area (Å²) in [4.78, 5) is 20.1. The maximum Gasteiger partial charge on any atom is 0.200 e. The van der Waals surface area contributed by atoms with Gasteiger partial charge in [-0.1, -0.05) is 38.3 Å². The van der Waals surface area contributed by atoms with Crippen molar-refractivity contribution in [3.05, 3.63) is 41.2 Å². The average Bonchev–Trinajstić information content (AvgIpc) is 3.17. The van der Waals surface area contributed by atoms with E-state index in [0.29, 0.717) is 23.5 Å². The number of oxazole rings is 1. The highest BCUT2D eigenvalue weighted by atomic mass is 16.3. The molecule has 2 N–H and O–H groups in total. The van der Waals surface area contributed by atoms with E-state index in [-0.39, 0.29) is 11.2 Å². The van der Waals surface area contributed by atoms with E-state index in [1.165, 1.54) is 68.3 Å². The molecular weight excluding hydrogens is 410 g/mol. The highest BCUT2D eigenvalue weighted by molar-refractivity contribution is 5.93. The van der Waals surface area contributed by atoms with Crippen molar-refractivity contribution < 1.29 is 9.21 Å². The zero-order valence-electron chi connectivity index (χ0n) is 20.1. The summed E-state index contributed by atoms with van der Waals surface area (Å²) in [7, 11) is 0. The number of nitrogens with one attached hydrogen (secondary N) is 2. The molecule has 5 nitrogen and oxygen atoms in total. The van der Waals surface area contributed by atoms with Crippen molar-refractivity contribution in [3.8, 4) is 0 Å². The number of Topliss-reactive ketones (excluding diaryl/α,β-unsaturated/α-hetero) is 1. The molecule has 2 aromatic heterocycles. The van der Waals surface area contributed by atoms with Crippen molar-refractivity contribution >= 4 is 24.1 Å². The van der Waals surface area contributed by atoms with Gasteiger partial charge >= 0.3 is 0 Å². The monoisotopic (exact) mass is 449 g/mol. The number of carbonyl (C=O) groups excluding carboxylic acids is 1. The van der Waals surface area contributed by atoms with Crippen LogP contribution in [0.1, 0.15) is 101 Å². The third-order valence-corrected chi connectivity index (χ3v) is 8.03. The lowest BCUT2D eigenvalue weighted by Crippen LogP contribution is -2.30. The Kier molecular flexibility index (Phi) is 7.35. The van der Waals surface area contributed by atoms with Crippen LogP contribution in [0.5, 0.6) is 0 Å². The number of aromatic nitrogens is 2. The van der Waals surface area contributed by atoms with Crippen molar-refractivity contribution in [2.45, 2.75) is 90.4 Å². The Hall–Kier alpha value is -2.43. The number of rotatable bonds is 8. The lowest BCUT2D eigenvalue weighted by atomic mass is 9.68. The van der Waals surface area contributed by atoms with E-state index in [0.717, 1.165) is 37.5 Å². The molecule has 2 aliphatic carbocycles. The Morgan fingerprint density at radius 2 is 2.18 bits per heavy atom. The summed E-state index contributed by atoms with van der Waals surface area (Å²) in [6.45, 7) is 6.59. The third kappa shape index (κ3) is 5.93. The first-order valence-electron chi connectivity index (χ1n) is 12.7. The lowest BCUT2D eigenvalue weighted by Gasteiger charge is -2.36. The van der Waals surface area contributed by atoms with Crippen LogP contribution in [0.3, 0.4) is 0 Å². The molecule has 2 aromatic rings. The Labute approximate surface area is 197 Å². The number of hydrogen-bond donors (Lipinski definition) is 2. The van der Waals surface area contributed by atoms with Gasteiger partial charge in [0, 0.05) is 18.0 Å². The van der Waals surface area contributed by atoms with Crippen LogP contribution in [-0.2, 0) is 0 Å². The van der Waals surface area contributed by atoms with Crippen LogP contribution in [0.15, 0.2) is 29.3 Å². The quantitative estimate of drug-likeness (QED) is 0.303. The van der Waals surface area contributed by atoms with Crippen LogP contribution in [-0.4, -0.2) is 22.0 Å². The second-order valence-corrected chi connectivity index (χ2v) is 10.9. The van der Waals surface area contributed by atoms with Crippen molar-refractivity contribution in [2.75, 3.05) is 0 Å². The molecule has 4 rings (SSSR count). The molecule has 2 aliphatic rings. The summed E-state index contributed by atoms with van der Waals surface area (Å²) in [6, 6.07) is 2.20. The predicted octanol–water partition coefficient (Wildman–Crippen LogP) is 5.80. The highest BCUT2D eigenvalue weighted by Gasteiger charge is 2.49. The zero-order valence-corrected chi connectivity index (χ0v) is 20.1. The van der Waals surface area contributed by atoms with Crippen molar-refractivity contribution in [3.63, 3.8) is 0 Å². The van der Waals surface area contributed by atoms with E-state index < -0.39 is 0 Å². The maximum absolute atomic E-state index is 12.9. The van der Waals surface area contributed by atoms with Gasteiger partial charge in [0.25, 0.3) is 0 Å². The van der Waals surface area contributed by atoms with Crippen LogP contribution in [0, 0.1) is 22.2 Å². The summed E-state index contributed by atoms with van der Waals surface area (Å²) < 4.78 is 5.31. The minimum atomic E-state index is 0.00810. The molecule has 178 valence electrons. The number of aromatic amines is 1. The minimum absolute atomic E-state index is 0.00810. The first-order chi connectivity index (χ1) is 15.9. The summed E-state index contributed by atoms with van der Waals surface area (Å²) in [6.07, 6.45) is 20.7. The second kappa shape index (κ2) is 10.2. The van der Waals surface area contributed by atoms with Crippen molar-refractivity contribution in [1.82, 2.24) is 9.97 Å². The molecule has 0 saturated heterocycles. The minimum Gasteiger partial charge on any atom is -0.440 e. The van der Waals surface area contributed by atoms with Crippen molar-refractivity contribution in [2.24, 2.45) is 16.7 Å². The Morgan fingerprint density at radius 1 is 1.33 bits per heavy atom. The molecule has 0 amide bonds. The van der Waals surface area contributed by atoms with Crippen LogP contribution < -0.4 is 10.6 Å². The van der Waals surface area contributed by atoms with Gasteiger partial charge in [-0.05, 0) is 92.0 Å². The molecule has 0 aromatic carbocycles. The number of hydrogen-bond acceptors (Lipinski definition) is 4. The Balaban J connectivity index is 1.58. The molecule has 0 bridgehead atoms. The van der Waals surface area contributed by atoms with Gasteiger partial charge in [0.1, 0.15) is 0 Å². The summed E-state index contributed by atoms with van der Waals surface area (Å²) in [5, 5.41) is 9.77. The summed E-state index contributed by atoms with van der Waals surface area (Å²) in [5.41, 5.74) is 1.89. The molecule has 0 aliphatic heterocycles. The van der Waals surface area contributed by atoms with Crippen LogP contribution in [0.25, 0.3) is 12.2 Å². The first-order valence-corrected chi connectivity index (χ1v) is 12.7. The number of ketones is 1. The zero-order chi connectivity index (χ0) is 23.3. The van der Waals surface area contributed by atoms with E-state index in [2.05, 4.69) is 29.5 Å². The molecule has 1 spiro atoms. The smallest absolute Gasteiger partial charge is 0.200 e. The molecule has 2 saturated carbocycles. The predicted molar refractivity (Wildman–Crippen MR) is 133 cm³/mol. The Morgan fingerprint density at radius 3 is 2.85 bits per heavy atom. The van der Waals surface area contributed by atoms with Gasteiger partial charge < -0.3 is 14.8 Å². The maximum atomic E-state index is 12.9. The van der Waals surface area contributed by atoms with E-state index >= 15 is 0 Å². The van der Waals surface area contributed by atoms with Gasteiger partial charge in [0.05, 0.1) is 6.20 Å². The molecular formula is C28H39N3O2. The average molecular weight is 450 g/mol. The largest absolute Gasteiger partial charge is 0.440 e. The SMILES string of the molecule is C=c1[nH]ccc1=C(CCCC=N)C1CCCCCC(C)(CC(=O)c2cnco2)CC2(CC2)C1. The fourth-order valence-corrected chi connectivity index (χ4v) is 6.30. The van der Waals surface area contributed by atoms with E-state index in [1.807, 2.05) is 6.20 Å². The molecule has 2 atom stereocenters. The van der Waals surface area contributed by atoms with E-state index in [4.69, 9.17) is 9.83 Å². The van der Waals surface area contributed by atoms with Gasteiger partial charge in [-0.3, -0.25) is 4.79 Å². The summed E-state index contributed by atoms with van der Waals surface area (Å²) in [5.74, 6) is 1.04. The molecule has 33 heavy (non-hydrogen) atoms. The molecule has 5 heteroatoms. The van der Waals surface area contributed by atoms with Crippen LogP contribution in [0.2, 0.25) is 0 Å². The molecule has 2 fully saturated rings. The normalized spacial score (nSPS) is 26.0. The third-order valence-electron chi connectivity index (χ3n) is 8.03. The molecule has 0 radical (unpaired) electrons. The topological polar surface area (TPSA) is 82.7 Å². The number of H-pyrrole nitrogens is 1. The Bertz CT molecular complexity index is 1050. The lowest BCUT2D eigenvalue weighted by molar-refractivity contribution is 0.0835. The second-order valence-electron chi connectivity index (χ2n) is 10.9. The number of nitrogens with zero attached hydrogens (tertiary/aromatic N) is 1. The fraction of sp³-hybridized carbons (Fsp3) is 0.607. The van der Waals surface area contributed by atoms with Crippen molar-refractivity contribution in [1.29, 1.82) is 5.41 Å². The molecule has 2 unspecified atom stereocenters. The van der Waals surface area contributed by atoms with Gasteiger partial charge in [0.15, 0.2) is 17.9 Å². The molecule has 2 heterocycles. The number of unbranched alkanes of at least 4 members (excludes halogenated alkanes) is 1. The van der Waals surface area contributed by atoms with Gasteiger partial charge in [-0.2, -0.15) is 0 Å². The van der Waals surface area contributed by atoms with Crippen LogP contribution >= 0.6 is 0 Å². The van der Waals surface area contributed by atoms with Gasteiger partial charge in [0.2, 0.25) is 0 Å². The fourth-order valence-electron chi connectivity index (χ4n) is 6.30. The van der Waals surface area contributed by atoms with Gasteiger partial charge in [-0.15, -0.1) is 0 Å².